The second-order valence-corrected chi connectivity index (χ2v) is 3.71. The zero-order chi connectivity index (χ0) is 12.3. The van der Waals surface area contributed by atoms with E-state index in [0.29, 0.717) is 6.54 Å². The fraction of sp³-hybridized carbons (Fsp3) is 0.143. The first-order valence-corrected chi connectivity index (χ1v) is 5.38. The number of ether oxygens (including phenoxy) is 1. The Hall–Kier alpha value is -1.58. The number of hydrogen-bond acceptors (Lipinski definition) is 2. The summed E-state index contributed by atoms with van der Waals surface area (Å²) in [7, 11) is 1.46. The number of nitrogens with two attached hydrogens (primary N) is 1. The van der Waals surface area contributed by atoms with Crippen molar-refractivity contribution < 1.29 is 9.13 Å². The van der Waals surface area contributed by atoms with Gasteiger partial charge in [-0.2, -0.15) is 0 Å². The van der Waals surface area contributed by atoms with Gasteiger partial charge in [0.1, 0.15) is 0 Å². The molecule has 0 aliphatic heterocycles. The lowest BCUT2D eigenvalue weighted by Gasteiger charge is -2.09. The molecule has 2 rings (SSSR count). The van der Waals surface area contributed by atoms with E-state index in [1.54, 1.807) is 12.1 Å². The van der Waals surface area contributed by atoms with Crippen molar-refractivity contribution in [1.82, 2.24) is 0 Å². The third-order valence-corrected chi connectivity index (χ3v) is 2.70. The van der Waals surface area contributed by atoms with Gasteiger partial charge in [0, 0.05) is 6.54 Å². The number of halogens is 2. The lowest BCUT2D eigenvalue weighted by atomic mass is 9.99. The minimum Gasteiger partial charge on any atom is -0.494 e. The SMILES string of the molecule is COc1cc(-c2ccccc2CN)ccc1F.Cl. The third kappa shape index (κ3) is 2.81. The summed E-state index contributed by atoms with van der Waals surface area (Å²) in [4.78, 5) is 0. The second kappa shape index (κ2) is 6.38. The van der Waals surface area contributed by atoms with Gasteiger partial charge in [-0.05, 0) is 28.8 Å². The average Bonchev–Trinajstić information content (AvgIpc) is 2.39. The molecule has 4 heteroatoms. The molecule has 2 aromatic rings. The van der Waals surface area contributed by atoms with Gasteiger partial charge >= 0.3 is 0 Å². The molecule has 0 aliphatic carbocycles. The van der Waals surface area contributed by atoms with Crippen LogP contribution in [0, 0.1) is 5.82 Å². The molecular weight excluding hydrogens is 253 g/mol. The van der Waals surface area contributed by atoms with Gasteiger partial charge in [0.2, 0.25) is 0 Å². The normalized spacial score (nSPS) is 9.72. The van der Waals surface area contributed by atoms with E-state index < -0.39 is 0 Å². The van der Waals surface area contributed by atoms with E-state index in [2.05, 4.69) is 0 Å². The summed E-state index contributed by atoms with van der Waals surface area (Å²) in [6.07, 6.45) is 0. The molecule has 0 spiro atoms. The van der Waals surface area contributed by atoms with Crippen LogP contribution in [0.4, 0.5) is 4.39 Å². The Bertz CT molecular complexity index is 531. The molecule has 0 radical (unpaired) electrons. The molecule has 0 unspecified atom stereocenters. The molecule has 0 heterocycles. The summed E-state index contributed by atoms with van der Waals surface area (Å²) < 4.78 is 18.3. The van der Waals surface area contributed by atoms with Crippen molar-refractivity contribution in [3.8, 4) is 16.9 Å². The van der Waals surface area contributed by atoms with Crippen LogP contribution in [0.5, 0.6) is 5.75 Å². The minimum absolute atomic E-state index is 0. The monoisotopic (exact) mass is 267 g/mol. The Labute approximate surface area is 112 Å². The first-order valence-electron chi connectivity index (χ1n) is 5.38. The second-order valence-electron chi connectivity index (χ2n) is 3.71. The largest absolute Gasteiger partial charge is 0.494 e. The van der Waals surface area contributed by atoms with Gasteiger partial charge in [0.05, 0.1) is 7.11 Å². The molecule has 0 amide bonds. The summed E-state index contributed by atoms with van der Waals surface area (Å²) in [5, 5.41) is 0. The Morgan fingerprint density at radius 3 is 2.56 bits per heavy atom. The molecule has 0 bridgehead atoms. The first kappa shape index (κ1) is 14.5. The first-order chi connectivity index (χ1) is 8.26. The number of benzene rings is 2. The average molecular weight is 268 g/mol. The fourth-order valence-electron chi connectivity index (χ4n) is 1.81. The predicted octanol–water partition coefficient (Wildman–Crippen LogP) is 3.38. The van der Waals surface area contributed by atoms with Gasteiger partial charge < -0.3 is 10.5 Å². The van der Waals surface area contributed by atoms with E-state index in [9.17, 15) is 4.39 Å². The van der Waals surface area contributed by atoms with Crippen LogP contribution in [0.2, 0.25) is 0 Å². The van der Waals surface area contributed by atoms with Crippen LogP contribution >= 0.6 is 12.4 Å². The molecule has 0 aliphatic rings. The molecule has 18 heavy (non-hydrogen) atoms. The molecule has 2 aromatic carbocycles. The molecule has 0 aromatic heterocycles. The van der Waals surface area contributed by atoms with Gasteiger partial charge in [-0.1, -0.05) is 30.3 Å². The highest BCUT2D eigenvalue weighted by Crippen LogP contribution is 2.28. The van der Waals surface area contributed by atoms with Crippen LogP contribution in [-0.2, 0) is 6.54 Å². The van der Waals surface area contributed by atoms with Crippen molar-refractivity contribution in [2.75, 3.05) is 7.11 Å². The lowest BCUT2D eigenvalue weighted by molar-refractivity contribution is 0.387. The fourth-order valence-corrected chi connectivity index (χ4v) is 1.81. The highest BCUT2D eigenvalue weighted by atomic mass is 35.5. The Kier molecular flexibility index (Phi) is 5.13. The Morgan fingerprint density at radius 2 is 1.89 bits per heavy atom. The molecule has 0 saturated heterocycles. The van der Waals surface area contributed by atoms with E-state index in [0.717, 1.165) is 16.7 Å². The standard InChI is InChI=1S/C14H14FNO.ClH/c1-17-14-8-10(6-7-13(14)15)12-5-3-2-4-11(12)9-16;/h2-8H,9,16H2,1H3;1H. The smallest absolute Gasteiger partial charge is 0.165 e. The van der Waals surface area contributed by atoms with Crippen molar-refractivity contribution >= 4 is 12.4 Å². The van der Waals surface area contributed by atoms with E-state index in [1.807, 2.05) is 24.3 Å². The molecule has 2 N–H and O–H groups in total. The molecule has 0 fully saturated rings. The van der Waals surface area contributed by atoms with Crippen molar-refractivity contribution in [3.05, 3.63) is 53.8 Å². The van der Waals surface area contributed by atoms with Gasteiger partial charge in [-0.25, -0.2) is 4.39 Å². The summed E-state index contributed by atoms with van der Waals surface area (Å²) in [5.41, 5.74) is 8.63. The van der Waals surface area contributed by atoms with Gasteiger partial charge in [-0.15, -0.1) is 12.4 Å². The third-order valence-electron chi connectivity index (χ3n) is 2.70. The van der Waals surface area contributed by atoms with Crippen LogP contribution in [0.3, 0.4) is 0 Å². The molecule has 0 saturated carbocycles. The van der Waals surface area contributed by atoms with E-state index in [-0.39, 0.29) is 24.0 Å². The Balaban J connectivity index is 0.00000162. The highest BCUT2D eigenvalue weighted by Gasteiger charge is 2.07. The van der Waals surface area contributed by atoms with Crippen LogP contribution in [0.15, 0.2) is 42.5 Å². The van der Waals surface area contributed by atoms with E-state index in [1.165, 1.54) is 13.2 Å². The van der Waals surface area contributed by atoms with Crippen LogP contribution in [0.25, 0.3) is 11.1 Å². The predicted molar refractivity (Wildman–Crippen MR) is 73.5 cm³/mol. The van der Waals surface area contributed by atoms with Crippen LogP contribution in [0.1, 0.15) is 5.56 Å². The molecular formula is C14H15ClFNO. The van der Waals surface area contributed by atoms with E-state index in [4.69, 9.17) is 10.5 Å². The molecule has 96 valence electrons. The maximum atomic E-state index is 13.3. The van der Waals surface area contributed by atoms with Gasteiger partial charge in [-0.3, -0.25) is 0 Å². The van der Waals surface area contributed by atoms with E-state index >= 15 is 0 Å². The number of hydrogen-bond donors (Lipinski definition) is 1. The summed E-state index contributed by atoms with van der Waals surface area (Å²) in [6, 6.07) is 12.6. The van der Waals surface area contributed by atoms with Gasteiger partial charge in [0.25, 0.3) is 0 Å². The molecule has 0 atom stereocenters. The quantitative estimate of drug-likeness (QED) is 0.925. The number of methoxy groups -OCH3 is 1. The molecule has 2 nitrogen and oxygen atoms in total. The zero-order valence-corrected chi connectivity index (χ0v) is 10.8. The van der Waals surface area contributed by atoms with Crippen molar-refractivity contribution in [3.63, 3.8) is 0 Å². The maximum absolute atomic E-state index is 13.3. The lowest BCUT2D eigenvalue weighted by Crippen LogP contribution is -1.99. The Morgan fingerprint density at radius 1 is 1.17 bits per heavy atom. The minimum atomic E-state index is -0.360. The van der Waals surface area contributed by atoms with Crippen LogP contribution < -0.4 is 10.5 Å². The van der Waals surface area contributed by atoms with Crippen molar-refractivity contribution in [2.45, 2.75) is 6.54 Å². The summed E-state index contributed by atoms with van der Waals surface area (Å²) >= 11 is 0. The maximum Gasteiger partial charge on any atom is 0.165 e. The van der Waals surface area contributed by atoms with Crippen molar-refractivity contribution in [2.24, 2.45) is 5.73 Å². The van der Waals surface area contributed by atoms with Crippen molar-refractivity contribution in [1.29, 1.82) is 0 Å². The summed E-state index contributed by atoms with van der Waals surface area (Å²) in [5.74, 6) is -0.115. The summed E-state index contributed by atoms with van der Waals surface area (Å²) in [6.45, 7) is 0.454. The van der Waals surface area contributed by atoms with Crippen LogP contribution in [-0.4, -0.2) is 7.11 Å². The topological polar surface area (TPSA) is 35.2 Å². The number of rotatable bonds is 3. The zero-order valence-electron chi connectivity index (χ0n) is 10.0. The highest BCUT2D eigenvalue weighted by molar-refractivity contribution is 5.85. The van der Waals surface area contributed by atoms with Gasteiger partial charge in [0.15, 0.2) is 11.6 Å².